The first-order valence-electron chi connectivity index (χ1n) is 6.45. The van der Waals surface area contributed by atoms with Crippen LogP contribution < -0.4 is 5.32 Å². The molecule has 6 nitrogen and oxygen atoms in total. The second kappa shape index (κ2) is 5.87. The number of hydrogen-bond donors (Lipinski definition) is 1. The van der Waals surface area contributed by atoms with E-state index in [4.69, 9.17) is 4.74 Å². The van der Waals surface area contributed by atoms with E-state index in [2.05, 4.69) is 5.32 Å². The number of ether oxygens (including phenoxy) is 1. The van der Waals surface area contributed by atoms with Gasteiger partial charge in [0.05, 0.1) is 18.8 Å². The van der Waals surface area contributed by atoms with Crippen molar-refractivity contribution < 1.29 is 17.9 Å². The zero-order valence-electron chi connectivity index (χ0n) is 12.2. The Hall–Kier alpha value is -1.86. The van der Waals surface area contributed by atoms with E-state index >= 15 is 0 Å². The smallest absolute Gasteiger partial charge is 0.336 e. The topological polar surface area (TPSA) is 75.7 Å². The fourth-order valence-corrected chi connectivity index (χ4v) is 3.48. The quantitative estimate of drug-likeness (QED) is 0.864. The van der Waals surface area contributed by atoms with Gasteiger partial charge < -0.3 is 10.1 Å². The SMILES string of the molecule is COC/C(C)=C/CN1C(=O)Nc2cc(C)ccc2S1(=O)=O. The van der Waals surface area contributed by atoms with Gasteiger partial charge in [-0.15, -0.1) is 0 Å². The highest BCUT2D eigenvalue weighted by atomic mass is 32.2. The monoisotopic (exact) mass is 310 g/mol. The van der Waals surface area contributed by atoms with Gasteiger partial charge in [0.2, 0.25) is 0 Å². The minimum atomic E-state index is -3.82. The highest BCUT2D eigenvalue weighted by Crippen LogP contribution is 2.30. The van der Waals surface area contributed by atoms with Crippen LogP contribution in [0.1, 0.15) is 12.5 Å². The molecule has 0 saturated carbocycles. The molecule has 0 fully saturated rings. The van der Waals surface area contributed by atoms with Gasteiger partial charge in [0.1, 0.15) is 4.90 Å². The van der Waals surface area contributed by atoms with Crippen LogP contribution in [0.4, 0.5) is 10.5 Å². The van der Waals surface area contributed by atoms with Crippen molar-refractivity contribution in [1.82, 2.24) is 4.31 Å². The molecule has 0 bridgehead atoms. The van der Waals surface area contributed by atoms with E-state index in [9.17, 15) is 13.2 Å². The molecule has 21 heavy (non-hydrogen) atoms. The number of hydrogen-bond acceptors (Lipinski definition) is 4. The van der Waals surface area contributed by atoms with Crippen molar-refractivity contribution in [2.75, 3.05) is 25.6 Å². The molecule has 0 aromatic heterocycles. The largest absolute Gasteiger partial charge is 0.380 e. The third-order valence-electron chi connectivity index (χ3n) is 3.15. The molecule has 7 heteroatoms. The molecular formula is C14H18N2O4S. The Balaban J connectivity index is 2.35. The Labute approximate surface area is 124 Å². The lowest BCUT2D eigenvalue weighted by Gasteiger charge is -2.28. The predicted octanol–water partition coefficient (Wildman–Crippen LogP) is 2.12. The molecule has 1 aliphatic heterocycles. The van der Waals surface area contributed by atoms with E-state index in [0.29, 0.717) is 12.3 Å². The molecule has 0 unspecified atom stereocenters. The van der Waals surface area contributed by atoms with Crippen LogP contribution in [-0.4, -0.2) is 39.0 Å². The number of nitrogens with zero attached hydrogens (tertiary/aromatic N) is 1. The Kier molecular flexibility index (Phi) is 4.34. The van der Waals surface area contributed by atoms with E-state index < -0.39 is 16.1 Å². The van der Waals surface area contributed by atoms with Gasteiger partial charge >= 0.3 is 6.03 Å². The van der Waals surface area contributed by atoms with Crippen LogP contribution in [0.25, 0.3) is 0 Å². The lowest BCUT2D eigenvalue weighted by atomic mass is 10.2. The number of carbonyl (C=O) groups is 1. The number of urea groups is 1. The molecule has 1 aliphatic rings. The third-order valence-corrected chi connectivity index (χ3v) is 4.96. The van der Waals surface area contributed by atoms with Gasteiger partial charge in [-0.25, -0.2) is 17.5 Å². The standard InChI is InChI=1S/C14H18N2O4S/c1-10-4-5-13-12(8-10)15-14(17)16(21(13,18)19)7-6-11(2)9-20-3/h4-6,8H,7,9H2,1-3H3,(H,15,17)/b11-6+. The molecule has 1 aromatic rings. The molecule has 1 aromatic carbocycles. The van der Waals surface area contributed by atoms with Crippen LogP contribution in [0.5, 0.6) is 0 Å². The molecule has 0 saturated heterocycles. The van der Waals surface area contributed by atoms with Crippen LogP contribution in [0.2, 0.25) is 0 Å². The van der Waals surface area contributed by atoms with Crippen LogP contribution >= 0.6 is 0 Å². The number of nitrogens with one attached hydrogen (secondary N) is 1. The van der Waals surface area contributed by atoms with Crippen molar-refractivity contribution in [3.8, 4) is 0 Å². The number of carbonyl (C=O) groups excluding carboxylic acids is 1. The molecular weight excluding hydrogens is 292 g/mol. The fourth-order valence-electron chi connectivity index (χ4n) is 2.08. The zero-order valence-corrected chi connectivity index (χ0v) is 13.0. The molecule has 0 aliphatic carbocycles. The third kappa shape index (κ3) is 3.08. The zero-order chi connectivity index (χ0) is 15.6. The first kappa shape index (κ1) is 15.5. The first-order valence-corrected chi connectivity index (χ1v) is 7.89. The van der Waals surface area contributed by atoms with Gasteiger partial charge in [0.25, 0.3) is 10.0 Å². The van der Waals surface area contributed by atoms with E-state index in [-0.39, 0.29) is 11.4 Å². The van der Waals surface area contributed by atoms with Crippen molar-refractivity contribution in [2.24, 2.45) is 0 Å². The number of anilines is 1. The molecule has 2 amide bonds. The minimum absolute atomic E-state index is 0.0172. The highest BCUT2D eigenvalue weighted by Gasteiger charge is 2.35. The molecule has 1 heterocycles. The van der Waals surface area contributed by atoms with Crippen molar-refractivity contribution in [3.63, 3.8) is 0 Å². The van der Waals surface area contributed by atoms with Gasteiger partial charge in [-0.3, -0.25) is 0 Å². The van der Waals surface area contributed by atoms with Crippen LogP contribution in [0, 0.1) is 6.92 Å². The minimum Gasteiger partial charge on any atom is -0.380 e. The Morgan fingerprint density at radius 3 is 2.81 bits per heavy atom. The second-order valence-electron chi connectivity index (χ2n) is 4.95. The van der Waals surface area contributed by atoms with E-state index in [0.717, 1.165) is 15.4 Å². The van der Waals surface area contributed by atoms with Crippen LogP contribution in [-0.2, 0) is 14.8 Å². The first-order chi connectivity index (χ1) is 9.86. The molecule has 0 spiro atoms. The Bertz CT molecular complexity index is 695. The Morgan fingerprint density at radius 1 is 1.43 bits per heavy atom. The number of benzene rings is 1. The maximum atomic E-state index is 12.5. The van der Waals surface area contributed by atoms with Crippen molar-refractivity contribution in [3.05, 3.63) is 35.4 Å². The molecule has 2 rings (SSSR count). The highest BCUT2D eigenvalue weighted by molar-refractivity contribution is 7.90. The van der Waals surface area contributed by atoms with Gasteiger partial charge in [0.15, 0.2) is 0 Å². The number of sulfonamides is 1. The lowest BCUT2D eigenvalue weighted by molar-refractivity contribution is 0.225. The van der Waals surface area contributed by atoms with E-state index in [1.54, 1.807) is 25.3 Å². The molecule has 1 N–H and O–H groups in total. The molecule has 0 radical (unpaired) electrons. The van der Waals surface area contributed by atoms with E-state index in [1.807, 2.05) is 13.8 Å². The summed E-state index contributed by atoms with van der Waals surface area (Å²) in [6, 6.07) is 4.22. The normalized spacial score (nSPS) is 17.4. The summed E-state index contributed by atoms with van der Waals surface area (Å²) in [7, 11) is -2.27. The summed E-state index contributed by atoms with van der Waals surface area (Å²) in [5.41, 5.74) is 2.07. The summed E-state index contributed by atoms with van der Waals surface area (Å²) >= 11 is 0. The summed E-state index contributed by atoms with van der Waals surface area (Å²) in [5, 5.41) is 2.61. The van der Waals surface area contributed by atoms with Crippen molar-refractivity contribution in [2.45, 2.75) is 18.7 Å². The maximum absolute atomic E-state index is 12.5. The van der Waals surface area contributed by atoms with Gasteiger partial charge in [0, 0.05) is 7.11 Å². The van der Waals surface area contributed by atoms with Gasteiger partial charge in [-0.2, -0.15) is 0 Å². The lowest BCUT2D eigenvalue weighted by Crippen LogP contribution is -2.44. The number of rotatable bonds is 4. The average Bonchev–Trinajstić information content (AvgIpc) is 2.37. The van der Waals surface area contributed by atoms with E-state index in [1.165, 1.54) is 6.07 Å². The molecule has 114 valence electrons. The number of aryl methyl sites for hydroxylation is 1. The Morgan fingerprint density at radius 2 is 2.14 bits per heavy atom. The summed E-state index contributed by atoms with van der Waals surface area (Å²) < 4.78 is 30.8. The van der Waals surface area contributed by atoms with Crippen molar-refractivity contribution in [1.29, 1.82) is 0 Å². The summed E-state index contributed by atoms with van der Waals surface area (Å²) in [6.45, 7) is 4.03. The predicted molar refractivity (Wildman–Crippen MR) is 79.7 cm³/mol. The van der Waals surface area contributed by atoms with Crippen LogP contribution in [0.15, 0.2) is 34.7 Å². The second-order valence-corrected chi connectivity index (χ2v) is 6.78. The van der Waals surface area contributed by atoms with Crippen LogP contribution in [0.3, 0.4) is 0 Å². The summed E-state index contributed by atoms with van der Waals surface area (Å²) in [4.78, 5) is 12.1. The van der Waals surface area contributed by atoms with Crippen molar-refractivity contribution >= 4 is 21.7 Å². The van der Waals surface area contributed by atoms with Gasteiger partial charge in [-0.1, -0.05) is 17.7 Å². The number of amides is 2. The number of methoxy groups -OCH3 is 1. The average molecular weight is 310 g/mol. The summed E-state index contributed by atoms with van der Waals surface area (Å²) in [6.07, 6.45) is 1.67. The molecule has 0 atom stereocenters. The summed E-state index contributed by atoms with van der Waals surface area (Å²) in [5.74, 6) is 0. The number of fused-ring (bicyclic) bond motifs is 1. The maximum Gasteiger partial charge on any atom is 0.336 e. The van der Waals surface area contributed by atoms with Gasteiger partial charge in [-0.05, 0) is 31.5 Å². The fraction of sp³-hybridized carbons (Fsp3) is 0.357.